The minimum Gasteiger partial charge on any atom is -0.346 e. The maximum Gasteiger partial charge on any atom is 0.243 e. The molecular weight excluding hydrogens is 394 g/mol. The van der Waals surface area contributed by atoms with Crippen molar-refractivity contribution in [2.45, 2.75) is 11.7 Å². The van der Waals surface area contributed by atoms with Crippen LogP contribution in [0.15, 0.2) is 52.9 Å². The summed E-state index contributed by atoms with van der Waals surface area (Å²) in [5.74, 6) is -0.400. The van der Waals surface area contributed by atoms with Gasteiger partial charge in [0, 0.05) is 11.0 Å². The molecule has 9 heteroatoms. The number of carbonyl (C=O) groups excluding carboxylic acids is 2. The molecule has 0 aliphatic rings. The number of amides is 2. The normalized spacial score (nSPS) is 10.2. The number of carbonyl (C=O) groups is 2. The van der Waals surface area contributed by atoms with E-state index >= 15 is 0 Å². The van der Waals surface area contributed by atoms with Gasteiger partial charge in [0.1, 0.15) is 6.33 Å². The lowest BCUT2D eigenvalue weighted by Gasteiger charge is -2.08. The quantitative estimate of drug-likeness (QED) is 0.514. The summed E-state index contributed by atoms with van der Waals surface area (Å²) < 4.78 is 2.56. The second-order valence-corrected chi connectivity index (χ2v) is 6.44. The number of halogens is 1. The van der Waals surface area contributed by atoms with Gasteiger partial charge in [0.15, 0.2) is 5.16 Å². The summed E-state index contributed by atoms with van der Waals surface area (Å²) >= 11 is 4.59. The predicted octanol–water partition coefficient (Wildman–Crippen LogP) is 2.07. The average molecular weight is 410 g/mol. The molecule has 0 fully saturated rings. The molecule has 1 heterocycles. The molecule has 0 atom stereocenters. The standard InChI is InChI=1S/C15H16BrN5O2S/c1-2-7-21-10-18-20-15(21)24-9-14(23)17-8-13(22)19-12-6-4-3-5-11(12)16/h2-6,10H,1,7-9H2,(H,17,23)(H,19,22). The van der Waals surface area contributed by atoms with Crippen LogP contribution in [0.1, 0.15) is 0 Å². The lowest BCUT2D eigenvalue weighted by molar-refractivity contribution is -0.122. The second-order valence-electron chi connectivity index (χ2n) is 4.65. The highest BCUT2D eigenvalue weighted by Gasteiger charge is 2.10. The number of hydrogen-bond acceptors (Lipinski definition) is 5. The first-order valence-electron chi connectivity index (χ1n) is 7.02. The first-order chi connectivity index (χ1) is 11.6. The van der Waals surface area contributed by atoms with E-state index in [1.54, 1.807) is 23.0 Å². The molecule has 7 nitrogen and oxygen atoms in total. The monoisotopic (exact) mass is 409 g/mol. The fourth-order valence-corrected chi connectivity index (χ4v) is 2.88. The molecule has 0 unspecified atom stereocenters. The number of para-hydroxylation sites is 1. The molecule has 1 aromatic heterocycles. The van der Waals surface area contributed by atoms with Crippen LogP contribution in [0, 0.1) is 0 Å². The van der Waals surface area contributed by atoms with Gasteiger partial charge in [0.05, 0.1) is 18.0 Å². The predicted molar refractivity (Wildman–Crippen MR) is 96.7 cm³/mol. The van der Waals surface area contributed by atoms with Gasteiger partial charge in [-0.2, -0.15) is 0 Å². The summed E-state index contributed by atoms with van der Waals surface area (Å²) in [4.78, 5) is 23.7. The molecular formula is C15H16BrN5O2S. The Balaban J connectivity index is 1.74. The number of hydrogen-bond donors (Lipinski definition) is 2. The number of benzene rings is 1. The molecule has 0 saturated heterocycles. The smallest absolute Gasteiger partial charge is 0.243 e. The maximum absolute atomic E-state index is 11.9. The average Bonchev–Trinajstić information content (AvgIpc) is 3.01. The third-order valence-electron chi connectivity index (χ3n) is 2.83. The van der Waals surface area contributed by atoms with Gasteiger partial charge >= 0.3 is 0 Å². The Labute approximate surface area is 152 Å². The van der Waals surface area contributed by atoms with Crippen molar-refractivity contribution in [2.75, 3.05) is 17.6 Å². The van der Waals surface area contributed by atoms with Crippen LogP contribution in [0.2, 0.25) is 0 Å². The fraction of sp³-hybridized carbons (Fsp3) is 0.200. The molecule has 1 aromatic carbocycles. The number of aromatic nitrogens is 3. The summed E-state index contributed by atoms with van der Waals surface area (Å²) in [5.41, 5.74) is 0.656. The van der Waals surface area contributed by atoms with Crippen molar-refractivity contribution < 1.29 is 9.59 Å². The number of rotatable bonds is 8. The van der Waals surface area contributed by atoms with E-state index in [0.29, 0.717) is 17.4 Å². The molecule has 0 aliphatic heterocycles. The number of thioether (sulfide) groups is 1. The number of allylic oxidation sites excluding steroid dienone is 1. The van der Waals surface area contributed by atoms with E-state index in [4.69, 9.17) is 0 Å². The Morgan fingerprint density at radius 3 is 2.88 bits per heavy atom. The molecule has 0 saturated carbocycles. The summed E-state index contributed by atoms with van der Waals surface area (Å²) in [5, 5.41) is 13.6. The minimum absolute atomic E-state index is 0.0971. The molecule has 0 bridgehead atoms. The largest absolute Gasteiger partial charge is 0.346 e. The highest BCUT2D eigenvalue weighted by Crippen LogP contribution is 2.20. The topological polar surface area (TPSA) is 88.9 Å². The van der Waals surface area contributed by atoms with Crippen LogP contribution in [0.25, 0.3) is 0 Å². The summed E-state index contributed by atoms with van der Waals surface area (Å²) in [6, 6.07) is 7.26. The van der Waals surface area contributed by atoms with Crippen molar-refractivity contribution in [3.8, 4) is 0 Å². The van der Waals surface area contributed by atoms with E-state index in [2.05, 4.69) is 43.3 Å². The third-order valence-corrected chi connectivity index (χ3v) is 4.50. The van der Waals surface area contributed by atoms with Crippen LogP contribution < -0.4 is 10.6 Å². The first kappa shape index (κ1) is 18.2. The number of nitrogens with one attached hydrogen (secondary N) is 2. The minimum atomic E-state index is -0.296. The van der Waals surface area contributed by atoms with E-state index in [-0.39, 0.29) is 24.1 Å². The van der Waals surface area contributed by atoms with Crippen LogP contribution in [0.4, 0.5) is 5.69 Å². The molecule has 2 N–H and O–H groups in total. The van der Waals surface area contributed by atoms with Gasteiger partial charge in [-0.15, -0.1) is 16.8 Å². The molecule has 0 aliphatic carbocycles. The van der Waals surface area contributed by atoms with E-state index in [9.17, 15) is 9.59 Å². The van der Waals surface area contributed by atoms with Gasteiger partial charge < -0.3 is 15.2 Å². The van der Waals surface area contributed by atoms with Crippen molar-refractivity contribution in [2.24, 2.45) is 0 Å². The Morgan fingerprint density at radius 1 is 1.33 bits per heavy atom. The summed E-state index contributed by atoms with van der Waals surface area (Å²) in [6.07, 6.45) is 3.30. The zero-order valence-electron chi connectivity index (χ0n) is 12.7. The van der Waals surface area contributed by atoms with Crippen LogP contribution in [-0.4, -0.2) is 38.9 Å². The van der Waals surface area contributed by atoms with Crippen LogP contribution in [0.3, 0.4) is 0 Å². The highest BCUT2D eigenvalue weighted by molar-refractivity contribution is 9.10. The van der Waals surface area contributed by atoms with E-state index < -0.39 is 0 Å². The van der Waals surface area contributed by atoms with Gasteiger partial charge in [-0.3, -0.25) is 9.59 Å². The molecule has 2 aromatic rings. The van der Waals surface area contributed by atoms with Gasteiger partial charge in [-0.05, 0) is 28.1 Å². The highest BCUT2D eigenvalue weighted by atomic mass is 79.9. The molecule has 126 valence electrons. The van der Waals surface area contributed by atoms with E-state index in [0.717, 1.165) is 4.47 Å². The van der Waals surface area contributed by atoms with Crippen molar-refractivity contribution in [3.63, 3.8) is 0 Å². The van der Waals surface area contributed by atoms with Gasteiger partial charge in [0.2, 0.25) is 11.8 Å². The van der Waals surface area contributed by atoms with E-state index in [1.807, 2.05) is 18.2 Å². The van der Waals surface area contributed by atoms with Crippen molar-refractivity contribution in [1.29, 1.82) is 0 Å². The Kier molecular flexibility index (Phi) is 7.01. The zero-order chi connectivity index (χ0) is 17.4. The Morgan fingerprint density at radius 2 is 2.12 bits per heavy atom. The van der Waals surface area contributed by atoms with Gasteiger partial charge in [0.25, 0.3) is 0 Å². The zero-order valence-corrected chi connectivity index (χ0v) is 15.1. The van der Waals surface area contributed by atoms with Crippen molar-refractivity contribution in [1.82, 2.24) is 20.1 Å². The number of anilines is 1. The van der Waals surface area contributed by atoms with E-state index in [1.165, 1.54) is 11.8 Å². The molecule has 2 rings (SSSR count). The van der Waals surface area contributed by atoms with Crippen molar-refractivity contribution in [3.05, 3.63) is 47.7 Å². The lowest BCUT2D eigenvalue weighted by atomic mass is 10.3. The second kappa shape index (κ2) is 9.24. The molecule has 24 heavy (non-hydrogen) atoms. The Bertz CT molecular complexity index is 734. The van der Waals surface area contributed by atoms with Crippen LogP contribution in [0.5, 0.6) is 0 Å². The van der Waals surface area contributed by atoms with Gasteiger partial charge in [-0.1, -0.05) is 30.0 Å². The molecule has 0 spiro atoms. The Hall–Kier alpha value is -2.13. The van der Waals surface area contributed by atoms with Crippen molar-refractivity contribution >= 4 is 45.2 Å². The SMILES string of the molecule is C=CCn1cnnc1SCC(=O)NCC(=O)Nc1ccccc1Br. The third kappa shape index (κ3) is 5.50. The number of nitrogens with zero attached hydrogens (tertiary/aromatic N) is 3. The van der Waals surface area contributed by atoms with Crippen LogP contribution >= 0.6 is 27.7 Å². The molecule has 0 radical (unpaired) electrons. The fourth-order valence-electron chi connectivity index (χ4n) is 1.74. The first-order valence-corrected chi connectivity index (χ1v) is 8.80. The summed E-state index contributed by atoms with van der Waals surface area (Å²) in [7, 11) is 0. The van der Waals surface area contributed by atoms with Crippen LogP contribution in [-0.2, 0) is 16.1 Å². The maximum atomic E-state index is 11.9. The molecule has 2 amide bonds. The van der Waals surface area contributed by atoms with Gasteiger partial charge in [-0.25, -0.2) is 0 Å². The lowest BCUT2D eigenvalue weighted by Crippen LogP contribution is -2.34. The summed E-state index contributed by atoms with van der Waals surface area (Å²) in [6.45, 7) is 4.13.